The van der Waals surface area contributed by atoms with E-state index in [-0.39, 0.29) is 18.2 Å². The molecular formula is C14H19F4NO. The van der Waals surface area contributed by atoms with Gasteiger partial charge < -0.3 is 10.4 Å². The molecule has 0 radical (unpaired) electrons. The molecule has 0 aromatic heterocycles. The van der Waals surface area contributed by atoms with Crippen LogP contribution in [0.1, 0.15) is 32.8 Å². The van der Waals surface area contributed by atoms with E-state index in [1.807, 2.05) is 13.8 Å². The predicted octanol–water partition coefficient (Wildman–Crippen LogP) is 4.05. The van der Waals surface area contributed by atoms with Crippen LogP contribution in [0.3, 0.4) is 0 Å². The quantitative estimate of drug-likeness (QED) is 0.803. The van der Waals surface area contributed by atoms with Gasteiger partial charge in [0.15, 0.2) is 0 Å². The highest BCUT2D eigenvalue weighted by molar-refractivity contribution is 5.47. The van der Waals surface area contributed by atoms with Gasteiger partial charge in [0, 0.05) is 6.54 Å². The predicted molar refractivity (Wildman–Crippen MR) is 70.0 cm³/mol. The third-order valence-corrected chi connectivity index (χ3v) is 2.80. The molecule has 0 fully saturated rings. The van der Waals surface area contributed by atoms with Crippen LogP contribution in [-0.2, 0) is 6.18 Å². The monoisotopic (exact) mass is 293 g/mol. The fourth-order valence-corrected chi connectivity index (χ4v) is 2.07. The highest BCUT2D eigenvalue weighted by atomic mass is 19.4. The maximum Gasteiger partial charge on any atom is 0.416 e. The van der Waals surface area contributed by atoms with Crippen molar-refractivity contribution in [2.24, 2.45) is 5.92 Å². The molecule has 2 N–H and O–H groups in total. The SMILES string of the molecule is CC(C)CC(C)(O)CNc1ccc(C(F)(F)F)cc1F. The van der Waals surface area contributed by atoms with Crippen molar-refractivity contribution in [1.82, 2.24) is 0 Å². The second kappa shape index (κ2) is 5.99. The van der Waals surface area contributed by atoms with Crippen LogP contribution in [-0.4, -0.2) is 17.3 Å². The van der Waals surface area contributed by atoms with Crippen LogP contribution in [0.2, 0.25) is 0 Å². The Kier molecular flexibility index (Phi) is 5.02. The first-order valence-corrected chi connectivity index (χ1v) is 6.34. The average Bonchev–Trinajstić information content (AvgIpc) is 2.24. The zero-order valence-corrected chi connectivity index (χ0v) is 11.7. The van der Waals surface area contributed by atoms with Gasteiger partial charge in [-0.05, 0) is 37.5 Å². The Labute approximate surface area is 115 Å². The molecule has 1 aromatic carbocycles. The van der Waals surface area contributed by atoms with E-state index in [0.29, 0.717) is 12.5 Å². The van der Waals surface area contributed by atoms with E-state index < -0.39 is 23.2 Å². The summed E-state index contributed by atoms with van der Waals surface area (Å²) >= 11 is 0. The molecule has 0 aliphatic rings. The third-order valence-electron chi connectivity index (χ3n) is 2.80. The second-order valence-corrected chi connectivity index (χ2v) is 5.64. The van der Waals surface area contributed by atoms with Gasteiger partial charge in [-0.2, -0.15) is 13.2 Å². The summed E-state index contributed by atoms with van der Waals surface area (Å²) in [4.78, 5) is 0. The van der Waals surface area contributed by atoms with Crippen LogP contribution in [0, 0.1) is 11.7 Å². The minimum Gasteiger partial charge on any atom is -0.388 e. The zero-order valence-electron chi connectivity index (χ0n) is 11.7. The Morgan fingerprint density at radius 1 is 1.25 bits per heavy atom. The summed E-state index contributed by atoms with van der Waals surface area (Å²) in [5.41, 5.74) is -2.14. The van der Waals surface area contributed by atoms with Crippen molar-refractivity contribution in [2.75, 3.05) is 11.9 Å². The van der Waals surface area contributed by atoms with Gasteiger partial charge in [0.25, 0.3) is 0 Å². The van der Waals surface area contributed by atoms with Crippen LogP contribution >= 0.6 is 0 Å². The lowest BCUT2D eigenvalue weighted by molar-refractivity contribution is -0.137. The van der Waals surface area contributed by atoms with E-state index in [0.717, 1.165) is 12.1 Å². The molecule has 6 heteroatoms. The van der Waals surface area contributed by atoms with Crippen molar-refractivity contribution in [2.45, 2.75) is 39.0 Å². The summed E-state index contributed by atoms with van der Waals surface area (Å²) in [5.74, 6) is -0.732. The van der Waals surface area contributed by atoms with E-state index in [1.165, 1.54) is 0 Å². The van der Waals surface area contributed by atoms with E-state index in [9.17, 15) is 22.7 Å². The maximum absolute atomic E-state index is 13.6. The van der Waals surface area contributed by atoms with Crippen molar-refractivity contribution in [3.8, 4) is 0 Å². The summed E-state index contributed by atoms with van der Waals surface area (Å²) in [7, 11) is 0. The van der Waals surface area contributed by atoms with Gasteiger partial charge >= 0.3 is 6.18 Å². The standard InChI is InChI=1S/C14H19F4NO/c1-9(2)7-13(3,20)8-19-12-5-4-10(6-11(12)15)14(16,17)18/h4-6,9,19-20H,7-8H2,1-3H3. The Hall–Kier alpha value is -1.30. The largest absolute Gasteiger partial charge is 0.416 e. The Morgan fingerprint density at radius 3 is 2.30 bits per heavy atom. The van der Waals surface area contributed by atoms with Gasteiger partial charge in [-0.3, -0.25) is 0 Å². The molecule has 0 saturated carbocycles. The summed E-state index contributed by atoms with van der Waals surface area (Å²) < 4.78 is 50.7. The summed E-state index contributed by atoms with van der Waals surface area (Å²) in [5, 5.41) is 12.7. The van der Waals surface area contributed by atoms with E-state index in [4.69, 9.17) is 0 Å². The molecule has 1 unspecified atom stereocenters. The molecule has 0 heterocycles. The van der Waals surface area contributed by atoms with Gasteiger partial charge in [-0.25, -0.2) is 4.39 Å². The van der Waals surface area contributed by atoms with Crippen LogP contribution < -0.4 is 5.32 Å². The number of nitrogens with one attached hydrogen (secondary N) is 1. The summed E-state index contributed by atoms with van der Waals surface area (Å²) in [6.45, 7) is 5.54. The third kappa shape index (κ3) is 5.00. The summed E-state index contributed by atoms with van der Waals surface area (Å²) in [6.07, 6.45) is -4.06. The minimum absolute atomic E-state index is 0.0537. The smallest absolute Gasteiger partial charge is 0.388 e. The minimum atomic E-state index is -4.57. The number of rotatable bonds is 5. The average molecular weight is 293 g/mol. The first-order chi connectivity index (χ1) is 9.01. The number of anilines is 1. The molecule has 20 heavy (non-hydrogen) atoms. The Morgan fingerprint density at radius 2 is 1.85 bits per heavy atom. The molecule has 1 atom stereocenters. The lowest BCUT2D eigenvalue weighted by atomic mass is 9.94. The van der Waals surface area contributed by atoms with Crippen LogP contribution in [0.5, 0.6) is 0 Å². The summed E-state index contributed by atoms with van der Waals surface area (Å²) in [6, 6.07) is 2.28. The molecule has 0 saturated heterocycles. The first-order valence-electron chi connectivity index (χ1n) is 6.34. The molecule has 0 spiro atoms. The second-order valence-electron chi connectivity index (χ2n) is 5.64. The maximum atomic E-state index is 13.6. The van der Waals surface area contributed by atoms with Crippen LogP contribution in [0.15, 0.2) is 18.2 Å². The highest BCUT2D eigenvalue weighted by Crippen LogP contribution is 2.31. The van der Waals surface area contributed by atoms with Gasteiger partial charge in [0.1, 0.15) is 5.82 Å². The first kappa shape index (κ1) is 16.8. The number of halogens is 4. The lowest BCUT2D eigenvalue weighted by Gasteiger charge is -2.26. The lowest BCUT2D eigenvalue weighted by Crippen LogP contribution is -2.35. The number of aliphatic hydroxyl groups is 1. The molecule has 1 rings (SSSR count). The van der Waals surface area contributed by atoms with Gasteiger partial charge in [-0.1, -0.05) is 13.8 Å². The fourth-order valence-electron chi connectivity index (χ4n) is 2.07. The van der Waals surface area contributed by atoms with Crippen molar-refractivity contribution >= 4 is 5.69 Å². The van der Waals surface area contributed by atoms with E-state index in [1.54, 1.807) is 6.92 Å². The van der Waals surface area contributed by atoms with Crippen LogP contribution in [0.4, 0.5) is 23.2 Å². The van der Waals surface area contributed by atoms with Crippen molar-refractivity contribution < 1.29 is 22.7 Å². The van der Waals surface area contributed by atoms with E-state index in [2.05, 4.69) is 5.32 Å². The number of benzene rings is 1. The number of hydrogen-bond donors (Lipinski definition) is 2. The number of hydrogen-bond acceptors (Lipinski definition) is 2. The zero-order chi connectivity index (χ0) is 15.6. The van der Waals surface area contributed by atoms with E-state index >= 15 is 0 Å². The van der Waals surface area contributed by atoms with Gasteiger partial charge in [0.05, 0.1) is 16.9 Å². The van der Waals surface area contributed by atoms with Crippen LogP contribution in [0.25, 0.3) is 0 Å². The Balaban J connectivity index is 2.75. The van der Waals surface area contributed by atoms with Gasteiger partial charge in [0.2, 0.25) is 0 Å². The fraction of sp³-hybridized carbons (Fsp3) is 0.571. The topological polar surface area (TPSA) is 32.3 Å². The molecule has 0 aliphatic heterocycles. The van der Waals surface area contributed by atoms with Crippen molar-refractivity contribution in [3.63, 3.8) is 0 Å². The van der Waals surface area contributed by atoms with Gasteiger partial charge in [-0.15, -0.1) is 0 Å². The number of alkyl halides is 3. The molecule has 1 aromatic rings. The van der Waals surface area contributed by atoms with Crippen molar-refractivity contribution in [3.05, 3.63) is 29.6 Å². The molecule has 2 nitrogen and oxygen atoms in total. The highest BCUT2D eigenvalue weighted by Gasteiger charge is 2.31. The molecule has 0 aliphatic carbocycles. The molecular weight excluding hydrogens is 274 g/mol. The molecule has 114 valence electrons. The molecule has 0 amide bonds. The normalized spacial score (nSPS) is 15.2. The molecule has 0 bridgehead atoms. The Bertz CT molecular complexity index is 455. The van der Waals surface area contributed by atoms with Crippen molar-refractivity contribution in [1.29, 1.82) is 0 Å².